The normalized spacial score (nSPS) is 15.6. The number of nitrogens with zero attached hydrogens (tertiary/aromatic N) is 3. The minimum absolute atomic E-state index is 0.0554. The molecule has 0 aliphatic carbocycles. The van der Waals surface area contributed by atoms with Gasteiger partial charge in [-0.05, 0) is 55.7 Å². The van der Waals surface area contributed by atoms with Crippen molar-refractivity contribution >= 4 is 34.5 Å². The Labute approximate surface area is 175 Å². The first kappa shape index (κ1) is 20.1. The van der Waals surface area contributed by atoms with Crippen molar-refractivity contribution in [1.82, 2.24) is 9.55 Å². The van der Waals surface area contributed by atoms with E-state index in [1.54, 1.807) is 12.0 Å². The number of aromatic nitrogens is 2. The van der Waals surface area contributed by atoms with E-state index in [4.69, 9.17) is 4.74 Å². The molecule has 2 heterocycles. The molecule has 3 aromatic rings. The largest absolute Gasteiger partial charge is 0.385 e. The van der Waals surface area contributed by atoms with Crippen molar-refractivity contribution in [2.75, 3.05) is 30.5 Å². The number of anilines is 2. The molecule has 7 heteroatoms. The number of imidazole rings is 1. The van der Waals surface area contributed by atoms with Crippen LogP contribution in [0.15, 0.2) is 42.5 Å². The molecule has 0 saturated heterocycles. The molecule has 0 bridgehead atoms. The van der Waals surface area contributed by atoms with Gasteiger partial charge in [-0.1, -0.05) is 18.2 Å². The zero-order valence-corrected chi connectivity index (χ0v) is 17.5. The monoisotopic (exact) mass is 406 g/mol. The third-order valence-electron chi connectivity index (χ3n) is 5.58. The summed E-state index contributed by atoms with van der Waals surface area (Å²) >= 11 is 0. The zero-order chi connectivity index (χ0) is 21.3. The molecule has 0 unspecified atom stereocenters. The zero-order valence-electron chi connectivity index (χ0n) is 17.5. The van der Waals surface area contributed by atoms with E-state index in [1.165, 1.54) is 5.56 Å². The van der Waals surface area contributed by atoms with E-state index in [9.17, 15) is 9.59 Å². The minimum atomic E-state index is -0.610. The van der Waals surface area contributed by atoms with Gasteiger partial charge in [0.25, 0.3) is 5.91 Å². The van der Waals surface area contributed by atoms with E-state index in [0.29, 0.717) is 25.5 Å². The standard InChI is InChI=1S/C23H26N4O3/c1-15-9-10-17(13-16(15)2)24-21(28)14-20-22(29)26(11-6-12-30-3)23-25-18-7-4-5-8-19(18)27(20)23/h4-5,7-10,13,20H,6,11-12,14H2,1-3H3,(H,24,28)/t20-/m0/s1. The summed E-state index contributed by atoms with van der Waals surface area (Å²) in [6.45, 7) is 5.10. The molecule has 4 rings (SSSR count). The maximum absolute atomic E-state index is 13.2. The molecule has 1 N–H and O–H groups in total. The van der Waals surface area contributed by atoms with Gasteiger partial charge in [-0.3, -0.25) is 19.1 Å². The predicted molar refractivity (Wildman–Crippen MR) is 117 cm³/mol. The number of carbonyl (C=O) groups is 2. The third kappa shape index (κ3) is 3.68. The molecule has 0 radical (unpaired) electrons. The maximum atomic E-state index is 13.2. The quantitative estimate of drug-likeness (QED) is 0.608. The fourth-order valence-electron chi connectivity index (χ4n) is 3.88. The number of aryl methyl sites for hydroxylation is 2. The summed E-state index contributed by atoms with van der Waals surface area (Å²) in [5.74, 6) is 0.301. The summed E-state index contributed by atoms with van der Waals surface area (Å²) in [6, 6.07) is 12.9. The van der Waals surface area contributed by atoms with Crippen LogP contribution in [0.25, 0.3) is 11.0 Å². The second kappa shape index (κ2) is 8.28. The van der Waals surface area contributed by atoms with E-state index in [1.807, 2.05) is 60.9 Å². The van der Waals surface area contributed by atoms with Crippen LogP contribution in [0.3, 0.4) is 0 Å². The van der Waals surface area contributed by atoms with Crippen molar-refractivity contribution in [2.45, 2.75) is 32.7 Å². The molecule has 0 fully saturated rings. The van der Waals surface area contributed by atoms with Gasteiger partial charge in [-0.2, -0.15) is 0 Å². The lowest BCUT2D eigenvalue weighted by atomic mass is 10.1. The highest BCUT2D eigenvalue weighted by Crippen LogP contribution is 2.36. The van der Waals surface area contributed by atoms with Gasteiger partial charge in [0.15, 0.2) is 0 Å². The number of methoxy groups -OCH3 is 1. The smallest absolute Gasteiger partial charge is 0.253 e. The second-order valence-corrected chi connectivity index (χ2v) is 7.67. The highest BCUT2D eigenvalue weighted by atomic mass is 16.5. The lowest BCUT2D eigenvalue weighted by molar-refractivity contribution is -0.124. The van der Waals surface area contributed by atoms with Gasteiger partial charge >= 0.3 is 0 Å². The highest BCUT2D eigenvalue weighted by Gasteiger charge is 2.40. The van der Waals surface area contributed by atoms with Crippen LogP contribution in [0.5, 0.6) is 0 Å². The molecule has 7 nitrogen and oxygen atoms in total. The maximum Gasteiger partial charge on any atom is 0.253 e. The number of amides is 2. The fraction of sp³-hybridized carbons (Fsp3) is 0.348. The van der Waals surface area contributed by atoms with Crippen LogP contribution in [0.4, 0.5) is 11.6 Å². The number of ether oxygens (including phenoxy) is 1. The van der Waals surface area contributed by atoms with E-state index >= 15 is 0 Å². The Kier molecular flexibility index (Phi) is 5.55. The van der Waals surface area contributed by atoms with Crippen molar-refractivity contribution in [3.05, 3.63) is 53.6 Å². The third-order valence-corrected chi connectivity index (χ3v) is 5.58. The van der Waals surface area contributed by atoms with Crippen LogP contribution < -0.4 is 10.2 Å². The van der Waals surface area contributed by atoms with Crippen LogP contribution in [-0.4, -0.2) is 41.6 Å². The van der Waals surface area contributed by atoms with Gasteiger partial charge in [-0.15, -0.1) is 0 Å². The first-order valence-corrected chi connectivity index (χ1v) is 10.1. The van der Waals surface area contributed by atoms with Gasteiger partial charge in [0, 0.05) is 25.9 Å². The first-order valence-electron chi connectivity index (χ1n) is 10.1. The Balaban J connectivity index is 1.60. The molecular formula is C23H26N4O3. The molecule has 0 saturated carbocycles. The summed E-state index contributed by atoms with van der Waals surface area (Å²) in [5.41, 5.74) is 4.69. The van der Waals surface area contributed by atoms with Gasteiger partial charge in [0.1, 0.15) is 6.04 Å². The van der Waals surface area contributed by atoms with Crippen LogP contribution >= 0.6 is 0 Å². The van der Waals surface area contributed by atoms with Crippen LogP contribution in [0.2, 0.25) is 0 Å². The predicted octanol–water partition coefficient (Wildman–Crippen LogP) is 3.61. The number of para-hydroxylation sites is 2. The van der Waals surface area contributed by atoms with E-state index < -0.39 is 6.04 Å². The Morgan fingerprint density at radius 1 is 1.17 bits per heavy atom. The molecule has 1 atom stereocenters. The lowest BCUT2D eigenvalue weighted by Crippen LogP contribution is -2.32. The molecule has 0 spiro atoms. The minimum Gasteiger partial charge on any atom is -0.385 e. The Morgan fingerprint density at radius 3 is 2.73 bits per heavy atom. The molecule has 2 amide bonds. The molecule has 2 aromatic carbocycles. The van der Waals surface area contributed by atoms with Crippen molar-refractivity contribution in [2.24, 2.45) is 0 Å². The number of rotatable bonds is 7. The second-order valence-electron chi connectivity index (χ2n) is 7.67. The van der Waals surface area contributed by atoms with Crippen LogP contribution in [0.1, 0.15) is 30.0 Å². The van der Waals surface area contributed by atoms with E-state index in [-0.39, 0.29) is 18.2 Å². The van der Waals surface area contributed by atoms with Gasteiger partial charge < -0.3 is 10.1 Å². The van der Waals surface area contributed by atoms with Gasteiger partial charge in [0.05, 0.1) is 17.5 Å². The lowest BCUT2D eigenvalue weighted by Gasteiger charge is -2.16. The number of benzene rings is 2. The van der Waals surface area contributed by atoms with Crippen LogP contribution in [0, 0.1) is 13.8 Å². The van der Waals surface area contributed by atoms with Crippen molar-refractivity contribution < 1.29 is 14.3 Å². The number of hydrogen-bond donors (Lipinski definition) is 1. The number of carbonyl (C=O) groups excluding carboxylic acids is 2. The Bertz CT molecular complexity index is 1110. The summed E-state index contributed by atoms with van der Waals surface area (Å²) in [6.07, 6.45) is 0.757. The van der Waals surface area contributed by atoms with Crippen molar-refractivity contribution in [3.8, 4) is 0 Å². The molecule has 156 valence electrons. The molecule has 1 aliphatic heterocycles. The molecule has 1 aromatic heterocycles. The van der Waals surface area contributed by atoms with Gasteiger partial charge in [-0.25, -0.2) is 4.98 Å². The first-order chi connectivity index (χ1) is 14.5. The SMILES string of the molecule is COCCCN1C(=O)[C@H](CC(=O)Nc2ccc(C)c(C)c2)n2c1nc1ccccc12. The highest BCUT2D eigenvalue weighted by molar-refractivity contribution is 6.05. The number of nitrogens with one attached hydrogen (secondary N) is 1. The molecule has 1 aliphatic rings. The average molecular weight is 406 g/mol. The summed E-state index contributed by atoms with van der Waals surface area (Å²) in [7, 11) is 1.64. The summed E-state index contributed by atoms with van der Waals surface area (Å²) in [4.78, 5) is 32.3. The fourth-order valence-corrected chi connectivity index (χ4v) is 3.88. The summed E-state index contributed by atoms with van der Waals surface area (Å²) < 4.78 is 7.02. The van der Waals surface area contributed by atoms with Crippen molar-refractivity contribution in [3.63, 3.8) is 0 Å². The molecule has 30 heavy (non-hydrogen) atoms. The number of fused-ring (bicyclic) bond motifs is 3. The topological polar surface area (TPSA) is 76.5 Å². The average Bonchev–Trinajstić information content (AvgIpc) is 3.21. The van der Waals surface area contributed by atoms with E-state index in [0.717, 1.165) is 22.3 Å². The summed E-state index contributed by atoms with van der Waals surface area (Å²) in [5, 5.41) is 2.93. The van der Waals surface area contributed by atoms with Crippen molar-refractivity contribution in [1.29, 1.82) is 0 Å². The van der Waals surface area contributed by atoms with E-state index in [2.05, 4.69) is 10.3 Å². The Morgan fingerprint density at radius 2 is 1.97 bits per heavy atom. The van der Waals surface area contributed by atoms with Crippen LogP contribution in [-0.2, 0) is 14.3 Å². The molecular weight excluding hydrogens is 380 g/mol. The van der Waals surface area contributed by atoms with Gasteiger partial charge in [0.2, 0.25) is 11.9 Å². The number of hydrogen-bond acceptors (Lipinski definition) is 4. The Hall–Kier alpha value is -3.19.